The lowest BCUT2D eigenvalue weighted by molar-refractivity contribution is 0.0817. The van der Waals surface area contributed by atoms with E-state index in [1.807, 2.05) is 42.9 Å². The molecule has 0 unspecified atom stereocenters. The van der Waals surface area contributed by atoms with Crippen molar-refractivity contribution in [2.45, 2.75) is 12.5 Å². The smallest absolute Gasteiger partial charge is 0.260 e. The molecular weight excluding hydrogens is 366 g/mol. The third kappa shape index (κ3) is 2.84. The normalized spacial score (nSPS) is 17.6. The summed E-state index contributed by atoms with van der Waals surface area (Å²) in [6.07, 6.45) is 6.30. The Kier molecular flexibility index (Phi) is 4.05. The number of ether oxygens (including phenoxy) is 2. The minimum atomic E-state index is -0.131. The number of amides is 1. The molecule has 1 atom stereocenters. The van der Waals surface area contributed by atoms with Crippen molar-refractivity contribution in [2.24, 2.45) is 4.99 Å². The second-order valence-electron chi connectivity index (χ2n) is 7.06. The number of benzene rings is 2. The zero-order chi connectivity index (χ0) is 20.0. The van der Waals surface area contributed by atoms with Crippen LogP contribution in [-0.2, 0) is 0 Å². The quantitative estimate of drug-likeness (QED) is 0.677. The van der Waals surface area contributed by atoms with E-state index in [0.29, 0.717) is 29.2 Å². The van der Waals surface area contributed by atoms with Crippen LogP contribution >= 0.6 is 0 Å². The number of aliphatic imine (C=N–C) groups is 1. The van der Waals surface area contributed by atoms with Crippen molar-refractivity contribution in [3.05, 3.63) is 66.0 Å². The van der Waals surface area contributed by atoms with E-state index in [1.165, 1.54) is 0 Å². The van der Waals surface area contributed by atoms with E-state index >= 15 is 0 Å². The van der Waals surface area contributed by atoms with Gasteiger partial charge in [-0.15, -0.1) is 0 Å². The summed E-state index contributed by atoms with van der Waals surface area (Å²) in [6.45, 7) is 0. The molecule has 1 amide bonds. The maximum absolute atomic E-state index is 13.3. The number of fused-ring (bicyclic) bond motifs is 3. The molecule has 0 spiro atoms. The summed E-state index contributed by atoms with van der Waals surface area (Å²) >= 11 is 0. The van der Waals surface area contributed by atoms with Gasteiger partial charge in [0.05, 0.1) is 37.0 Å². The van der Waals surface area contributed by atoms with Gasteiger partial charge in [0.15, 0.2) is 11.5 Å². The minimum Gasteiger partial charge on any atom is -0.493 e. The minimum absolute atomic E-state index is 0.104. The highest BCUT2D eigenvalue weighted by molar-refractivity contribution is 6.05. The van der Waals surface area contributed by atoms with Crippen LogP contribution in [0, 0.1) is 0 Å². The Labute approximate surface area is 168 Å². The fourth-order valence-electron chi connectivity index (χ4n) is 3.86. The first-order valence-corrected chi connectivity index (χ1v) is 9.36. The summed E-state index contributed by atoms with van der Waals surface area (Å²) in [5.74, 6) is 0.958. The first kappa shape index (κ1) is 17.4. The number of methoxy groups -OCH3 is 2. The van der Waals surface area contributed by atoms with Gasteiger partial charge in [-0.3, -0.25) is 14.8 Å². The fourth-order valence-corrected chi connectivity index (χ4v) is 3.86. The highest BCUT2D eigenvalue weighted by Gasteiger charge is 2.33. The van der Waals surface area contributed by atoms with Gasteiger partial charge in [-0.1, -0.05) is 18.2 Å². The lowest BCUT2D eigenvalue weighted by Crippen LogP contribution is -2.32. The highest BCUT2D eigenvalue weighted by atomic mass is 16.5. The molecule has 3 aromatic rings. The molecule has 2 aliphatic heterocycles. The molecular formula is C23H19N3O3. The van der Waals surface area contributed by atoms with Gasteiger partial charge in [-0.25, -0.2) is 0 Å². The molecule has 0 fully saturated rings. The van der Waals surface area contributed by atoms with Crippen molar-refractivity contribution >= 4 is 34.3 Å². The second-order valence-corrected chi connectivity index (χ2v) is 7.06. The van der Waals surface area contributed by atoms with Gasteiger partial charge >= 0.3 is 0 Å². The Morgan fingerprint density at radius 2 is 1.86 bits per heavy atom. The maximum atomic E-state index is 13.3. The lowest BCUT2D eigenvalue weighted by Gasteiger charge is -2.18. The maximum Gasteiger partial charge on any atom is 0.260 e. The molecule has 144 valence electrons. The standard InChI is InChI=1S/C23H19N3O3/c1-28-21-9-18-20(10-22(21)29-2)25-12-17-8-16(13-26(17)23(18)27)15-7-14-5-3-4-6-19(14)24-11-15/h3-7,9-13,17H,8H2,1-2H3/t17-/m0/s1. The van der Waals surface area contributed by atoms with E-state index in [-0.39, 0.29) is 11.9 Å². The van der Waals surface area contributed by atoms with Gasteiger partial charge in [-0.05, 0) is 29.3 Å². The number of carbonyl (C=O) groups excluding carboxylic acids is 1. The van der Waals surface area contributed by atoms with Gasteiger partial charge in [0.25, 0.3) is 5.91 Å². The van der Waals surface area contributed by atoms with E-state index < -0.39 is 0 Å². The van der Waals surface area contributed by atoms with E-state index in [9.17, 15) is 4.79 Å². The van der Waals surface area contributed by atoms with E-state index in [0.717, 1.165) is 22.0 Å². The van der Waals surface area contributed by atoms with E-state index in [4.69, 9.17) is 9.47 Å². The van der Waals surface area contributed by atoms with Gasteiger partial charge in [-0.2, -0.15) is 0 Å². The number of hydrogen-bond acceptors (Lipinski definition) is 5. The molecule has 0 saturated carbocycles. The highest BCUT2D eigenvalue weighted by Crippen LogP contribution is 2.39. The van der Waals surface area contributed by atoms with Crippen molar-refractivity contribution in [1.29, 1.82) is 0 Å². The second kappa shape index (κ2) is 6.74. The monoisotopic (exact) mass is 385 g/mol. The largest absolute Gasteiger partial charge is 0.493 e. The fraction of sp³-hybridized carbons (Fsp3) is 0.174. The Hall–Kier alpha value is -3.67. The van der Waals surface area contributed by atoms with Gasteiger partial charge in [0.2, 0.25) is 0 Å². The zero-order valence-corrected chi connectivity index (χ0v) is 16.1. The first-order valence-electron chi connectivity index (χ1n) is 9.36. The van der Waals surface area contributed by atoms with Crippen molar-refractivity contribution in [1.82, 2.24) is 9.88 Å². The van der Waals surface area contributed by atoms with Gasteiger partial charge in [0.1, 0.15) is 0 Å². The molecule has 0 bridgehead atoms. The Morgan fingerprint density at radius 3 is 2.69 bits per heavy atom. The predicted molar refractivity (Wildman–Crippen MR) is 112 cm³/mol. The first-order chi connectivity index (χ1) is 14.2. The number of para-hydroxylation sites is 1. The van der Waals surface area contributed by atoms with Crippen LogP contribution in [0.15, 0.2) is 59.9 Å². The third-order valence-corrected chi connectivity index (χ3v) is 5.40. The molecule has 5 rings (SSSR count). The summed E-state index contributed by atoms with van der Waals surface area (Å²) in [7, 11) is 3.12. The van der Waals surface area contributed by atoms with Crippen LogP contribution in [0.1, 0.15) is 22.3 Å². The van der Waals surface area contributed by atoms with E-state index in [1.54, 1.807) is 31.3 Å². The van der Waals surface area contributed by atoms with Gasteiger partial charge < -0.3 is 14.4 Å². The average Bonchev–Trinajstić information content (AvgIpc) is 3.15. The number of pyridine rings is 1. The molecule has 0 aliphatic carbocycles. The van der Waals surface area contributed by atoms with Crippen LogP contribution in [0.4, 0.5) is 5.69 Å². The molecule has 0 N–H and O–H groups in total. The molecule has 2 aliphatic rings. The molecule has 0 saturated heterocycles. The third-order valence-electron chi connectivity index (χ3n) is 5.40. The average molecular weight is 385 g/mol. The van der Waals surface area contributed by atoms with E-state index in [2.05, 4.69) is 16.0 Å². The molecule has 6 heteroatoms. The number of aromatic nitrogens is 1. The summed E-state index contributed by atoms with van der Waals surface area (Å²) in [6, 6.07) is 13.4. The predicted octanol–water partition coefficient (Wildman–Crippen LogP) is 4.22. The molecule has 2 aromatic carbocycles. The van der Waals surface area contributed by atoms with Gasteiger partial charge in [0, 0.05) is 36.5 Å². The van der Waals surface area contributed by atoms with Crippen LogP contribution in [0.2, 0.25) is 0 Å². The molecule has 1 aromatic heterocycles. The number of carbonyl (C=O) groups is 1. The zero-order valence-electron chi connectivity index (χ0n) is 16.1. The SMILES string of the molecule is COc1cc2c(cc1OC)C(=O)N1C=C(c3cnc4ccccc4c3)C[C@H]1C=N2. The summed E-state index contributed by atoms with van der Waals surface area (Å²) in [5, 5.41) is 1.08. The molecule has 3 heterocycles. The summed E-state index contributed by atoms with van der Waals surface area (Å²) in [5.41, 5.74) is 4.12. The summed E-state index contributed by atoms with van der Waals surface area (Å²) < 4.78 is 10.7. The Morgan fingerprint density at radius 1 is 1.07 bits per heavy atom. The Balaban J connectivity index is 1.54. The van der Waals surface area contributed by atoms with Crippen molar-refractivity contribution < 1.29 is 14.3 Å². The van der Waals surface area contributed by atoms with Crippen LogP contribution in [0.5, 0.6) is 11.5 Å². The topological polar surface area (TPSA) is 64.0 Å². The number of rotatable bonds is 3. The molecule has 29 heavy (non-hydrogen) atoms. The van der Waals surface area contributed by atoms with Crippen molar-refractivity contribution in [3.8, 4) is 11.5 Å². The number of nitrogens with zero attached hydrogens (tertiary/aromatic N) is 3. The van der Waals surface area contributed by atoms with Crippen LogP contribution in [0.25, 0.3) is 16.5 Å². The Bertz CT molecular complexity index is 1200. The van der Waals surface area contributed by atoms with Crippen molar-refractivity contribution in [3.63, 3.8) is 0 Å². The van der Waals surface area contributed by atoms with Crippen LogP contribution in [-0.4, -0.2) is 42.3 Å². The van der Waals surface area contributed by atoms with Crippen LogP contribution in [0.3, 0.4) is 0 Å². The van der Waals surface area contributed by atoms with Crippen LogP contribution < -0.4 is 9.47 Å². The number of hydrogen-bond donors (Lipinski definition) is 0. The molecule has 6 nitrogen and oxygen atoms in total. The van der Waals surface area contributed by atoms with Crippen molar-refractivity contribution in [2.75, 3.05) is 14.2 Å². The summed E-state index contributed by atoms with van der Waals surface area (Å²) in [4.78, 5) is 24.1. The molecule has 0 radical (unpaired) electrons. The lowest BCUT2D eigenvalue weighted by atomic mass is 10.0.